The third-order valence-electron chi connectivity index (χ3n) is 3.92. The molecule has 1 N–H and O–H groups in total. The summed E-state index contributed by atoms with van der Waals surface area (Å²) in [5.41, 5.74) is -0.00526. The zero-order chi connectivity index (χ0) is 16.3. The summed E-state index contributed by atoms with van der Waals surface area (Å²) in [6.07, 6.45) is -3.55. The molecular formula is C16H22ClF3N2. The van der Waals surface area contributed by atoms with Crippen LogP contribution in [0.15, 0.2) is 18.2 Å². The first-order valence-electron chi connectivity index (χ1n) is 7.60. The monoisotopic (exact) mass is 334 g/mol. The van der Waals surface area contributed by atoms with Crippen molar-refractivity contribution in [2.24, 2.45) is 5.92 Å². The molecule has 22 heavy (non-hydrogen) atoms. The van der Waals surface area contributed by atoms with Gasteiger partial charge in [0.05, 0.1) is 5.56 Å². The number of halogens is 4. The van der Waals surface area contributed by atoms with Gasteiger partial charge in [-0.3, -0.25) is 4.90 Å². The van der Waals surface area contributed by atoms with E-state index in [9.17, 15) is 13.2 Å². The van der Waals surface area contributed by atoms with Crippen molar-refractivity contribution >= 4 is 11.6 Å². The summed E-state index contributed by atoms with van der Waals surface area (Å²) in [4.78, 5) is 2.25. The maximum Gasteiger partial charge on any atom is 0.416 e. The van der Waals surface area contributed by atoms with E-state index in [1.807, 2.05) is 0 Å². The standard InChI is InChI=1S/C16H22ClF3N2/c1-11(2)7-15(22-5-3-21-4-6-22)12-8-13(16(18,19)20)10-14(17)9-12/h8-11,15,21H,3-7H2,1-2H3/t15-/m0/s1. The Balaban J connectivity index is 2.35. The summed E-state index contributed by atoms with van der Waals surface area (Å²) >= 11 is 5.94. The molecule has 0 spiro atoms. The highest BCUT2D eigenvalue weighted by Gasteiger charge is 2.32. The van der Waals surface area contributed by atoms with Crippen LogP contribution in [0, 0.1) is 5.92 Å². The van der Waals surface area contributed by atoms with Crippen LogP contribution < -0.4 is 5.32 Å². The molecule has 1 fully saturated rings. The molecule has 1 atom stereocenters. The molecule has 1 aliphatic rings. The largest absolute Gasteiger partial charge is 0.416 e. The van der Waals surface area contributed by atoms with Gasteiger partial charge in [0.25, 0.3) is 0 Å². The van der Waals surface area contributed by atoms with Gasteiger partial charge in [-0.05, 0) is 36.1 Å². The Hall–Kier alpha value is -0.780. The Morgan fingerprint density at radius 2 is 1.82 bits per heavy atom. The number of nitrogens with zero attached hydrogens (tertiary/aromatic N) is 1. The highest BCUT2D eigenvalue weighted by Crippen LogP contribution is 2.36. The molecule has 0 amide bonds. The summed E-state index contributed by atoms with van der Waals surface area (Å²) in [6, 6.07) is 3.89. The van der Waals surface area contributed by atoms with Gasteiger partial charge in [-0.15, -0.1) is 0 Å². The third-order valence-corrected chi connectivity index (χ3v) is 4.14. The third kappa shape index (κ3) is 4.61. The number of alkyl halides is 3. The molecule has 2 nitrogen and oxygen atoms in total. The van der Waals surface area contributed by atoms with Crippen molar-refractivity contribution in [2.45, 2.75) is 32.5 Å². The van der Waals surface area contributed by atoms with Crippen molar-refractivity contribution < 1.29 is 13.2 Å². The van der Waals surface area contributed by atoms with Crippen molar-refractivity contribution in [1.29, 1.82) is 0 Å². The lowest BCUT2D eigenvalue weighted by molar-refractivity contribution is -0.137. The van der Waals surface area contributed by atoms with Gasteiger partial charge in [-0.1, -0.05) is 25.4 Å². The molecule has 0 unspecified atom stereocenters. The minimum Gasteiger partial charge on any atom is -0.314 e. The average Bonchev–Trinajstić information content (AvgIpc) is 2.44. The SMILES string of the molecule is CC(C)C[C@@H](c1cc(Cl)cc(C(F)(F)F)c1)N1CCNCC1. The number of hydrogen-bond donors (Lipinski definition) is 1. The Kier molecular flexibility index (Phi) is 5.75. The summed E-state index contributed by atoms with van der Waals surface area (Å²) in [5.74, 6) is 0.396. The van der Waals surface area contributed by atoms with Crippen LogP contribution in [0.3, 0.4) is 0 Å². The van der Waals surface area contributed by atoms with E-state index in [4.69, 9.17) is 11.6 Å². The number of benzene rings is 1. The maximum atomic E-state index is 13.0. The van der Waals surface area contributed by atoms with Crippen LogP contribution in [-0.4, -0.2) is 31.1 Å². The van der Waals surface area contributed by atoms with Crippen molar-refractivity contribution in [3.05, 3.63) is 34.3 Å². The van der Waals surface area contributed by atoms with E-state index in [-0.39, 0.29) is 11.1 Å². The quantitative estimate of drug-likeness (QED) is 0.880. The first kappa shape index (κ1) is 17.6. The highest BCUT2D eigenvalue weighted by atomic mass is 35.5. The fourth-order valence-corrected chi connectivity index (χ4v) is 3.15. The minimum absolute atomic E-state index is 0.0260. The van der Waals surface area contributed by atoms with Crippen LogP contribution >= 0.6 is 11.6 Å². The highest BCUT2D eigenvalue weighted by molar-refractivity contribution is 6.30. The summed E-state index contributed by atoms with van der Waals surface area (Å²) in [6.45, 7) is 7.58. The summed E-state index contributed by atoms with van der Waals surface area (Å²) < 4.78 is 39.1. The van der Waals surface area contributed by atoms with Gasteiger partial charge in [0, 0.05) is 37.2 Å². The van der Waals surface area contributed by atoms with Crippen molar-refractivity contribution in [3.63, 3.8) is 0 Å². The number of nitrogens with one attached hydrogen (secondary N) is 1. The molecule has 1 aromatic rings. The Morgan fingerprint density at radius 1 is 1.18 bits per heavy atom. The van der Waals surface area contributed by atoms with Crippen molar-refractivity contribution in [2.75, 3.05) is 26.2 Å². The molecule has 0 saturated carbocycles. The first-order chi connectivity index (χ1) is 10.3. The van der Waals surface area contributed by atoms with Gasteiger partial charge in [-0.2, -0.15) is 13.2 Å². The van der Waals surface area contributed by atoms with Crippen LogP contribution in [0.2, 0.25) is 5.02 Å². The average molecular weight is 335 g/mol. The molecule has 1 aromatic carbocycles. The smallest absolute Gasteiger partial charge is 0.314 e. The molecule has 2 rings (SSSR count). The fraction of sp³-hybridized carbons (Fsp3) is 0.625. The zero-order valence-corrected chi connectivity index (χ0v) is 13.6. The van der Waals surface area contributed by atoms with Gasteiger partial charge < -0.3 is 5.32 Å². The van der Waals surface area contributed by atoms with Gasteiger partial charge >= 0.3 is 6.18 Å². The lowest BCUT2D eigenvalue weighted by atomic mass is 9.93. The van der Waals surface area contributed by atoms with Crippen LogP contribution in [0.25, 0.3) is 0 Å². The summed E-state index contributed by atoms with van der Waals surface area (Å²) in [5, 5.41) is 3.42. The van der Waals surface area contributed by atoms with Gasteiger partial charge in [0.2, 0.25) is 0 Å². The van der Waals surface area contributed by atoms with Gasteiger partial charge in [0.15, 0.2) is 0 Å². The summed E-state index contributed by atoms with van der Waals surface area (Å²) in [7, 11) is 0. The molecule has 0 bridgehead atoms. The lowest BCUT2D eigenvalue weighted by Gasteiger charge is -2.36. The molecule has 1 heterocycles. The molecule has 124 valence electrons. The van der Waals surface area contributed by atoms with E-state index in [0.29, 0.717) is 11.5 Å². The molecule has 0 aromatic heterocycles. The van der Waals surface area contributed by atoms with Crippen LogP contribution in [-0.2, 0) is 6.18 Å². The molecule has 1 aliphatic heterocycles. The second kappa shape index (κ2) is 7.20. The lowest BCUT2D eigenvalue weighted by Crippen LogP contribution is -2.45. The molecule has 0 radical (unpaired) electrons. The molecule has 6 heteroatoms. The molecular weight excluding hydrogens is 313 g/mol. The van der Waals surface area contributed by atoms with Crippen LogP contribution in [0.4, 0.5) is 13.2 Å². The van der Waals surface area contributed by atoms with Gasteiger partial charge in [0.1, 0.15) is 0 Å². The van der Waals surface area contributed by atoms with Crippen molar-refractivity contribution in [1.82, 2.24) is 10.2 Å². The van der Waals surface area contributed by atoms with Crippen LogP contribution in [0.5, 0.6) is 0 Å². The van der Waals surface area contributed by atoms with E-state index >= 15 is 0 Å². The Morgan fingerprint density at radius 3 is 2.36 bits per heavy atom. The maximum absolute atomic E-state index is 13.0. The Labute approximate surface area is 134 Å². The fourth-order valence-electron chi connectivity index (χ4n) is 2.90. The molecule has 0 aliphatic carbocycles. The van der Waals surface area contributed by atoms with E-state index in [0.717, 1.165) is 38.7 Å². The second-order valence-corrected chi connectivity index (χ2v) is 6.64. The predicted molar refractivity (Wildman–Crippen MR) is 83.1 cm³/mol. The number of rotatable bonds is 4. The van der Waals surface area contributed by atoms with Gasteiger partial charge in [-0.25, -0.2) is 0 Å². The zero-order valence-electron chi connectivity index (χ0n) is 12.9. The van der Waals surface area contributed by atoms with E-state index in [2.05, 4.69) is 24.1 Å². The van der Waals surface area contributed by atoms with Crippen LogP contribution in [0.1, 0.15) is 37.4 Å². The van der Waals surface area contributed by atoms with E-state index < -0.39 is 11.7 Å². The topological polar surface area (TPSA) is 15.3 Å². The second-order valence-electron chi connectivity index (χ2n) is 6.20. The van der Waals surface area contributed by atoms with Crippen molar-refractivity contribution in [3.8, 4) is 0 Å². The normalized spacial score (nSPS) is 18.7. The first-order valence-corrected chi connectivity index (χ1v) is 7.97. The minimum atomic E-state index is -4.37. The van der Waals surface area contributed by atoms with E-state index in [1.54, 1.807) is 6.07 Å². The Bertz CT molecular complexity index is 497. The number of hydrogen-bond acceptors (Lipinski definition) is 2. The molecule has 1 saturated heterocycles. The predicted octanol–water partition coefficient (Wildman–Crippen LogP) is 4.35. The van der Waals surface area contributed by atoms with E-state index in [1.165, 1.54) is 6.07 Å². The number of piperazine rings is 1.